The quantitative estimate of drug-likeness (QED) is 0.898. The van der Waals surface area contributed by atoms with Gasteiger partial charge in [-0.3, -0.25) is 0 Å². The maximum Gasteiger partial charge on any atom is 0.205 e. The molecule has 0 radical (unpaired) electrons. The van der Waals surface area contributed by atoms with Crippen LogP contribution in [0.4, 0.5) is 5.13 Å². The minimum absolute atomic E-state index is 0.403. The van der Waals surface area contributed by atoms with Gasteiger partial charge in [0, 0.05) is 36.6 Å². The minimum Gasteiger partial charge on any atom is -0.343 e. The molecule has 2 N–H and O–H groups in total. The number of aromatic nitrogens is 2. The van der Waals surface area contributed by atoms with Gasteiger partial charge in [0.1, 0.15) is 5.82 Å². The summed E-state index contributed by atoms with van der Waals surface area (Å²) >= 11 is 1.51. The van der Waals surface area contributed by atoms with E-state index in [1.54, 1.807) is 0 Å². The van der Waals surface area contributed by atoms with Crippen molar-refractivity contribution in [3.8, 4) is 0 Å². The molecule has 2 rings (SSSR count). The van der Waals surface area contributed by atoms with E-state index in [2.05, 4.69) is 35.0 Å². The molecular formula is C12H22N4S. The molecule has 2 heterocycles. The Morgan fingerprint density at radius 1 is 1.53 bits per heavy atom. The number of hydrogen-bond acceptors (Lipinski definition) is 5. The number of piperidine rings is 1. The van der Waals surface area contributed by atoms with E-state index < -0.39 is 0 Å². The highest BCUT2D eigenvalue weighted by atomic mass is 32.1. The van der Waals surface area contributed by atoms with Crippen molar-refractivity contribution in [3.05, 3.63) is 5.82 Å². The zero-order chi connectivity index (χ0) is 12.4. The van der Waals surface area contributed by atoms with Crippen LogP contribution in [0.15, 0.2) is 0 Å². The van der Waals surface area contributed by atoms with E-state index in [1.807, 2.05) is 0 Å². The first kappa shape index (κ1) is 12.8. The highest BCUT2D eigenvalue weighted by molar-refractivity contribution is 7.09. The van der Waals surface area contributed by atoms with Crippen molar-refractivity contribution >= 4 is 16.7 Å². The van der Waals surface area contributed by atoms with Crippen molar-refractivity contribution < 1.29 is 0 Å². The first-order valence-electron chi connectivity index (χ1n) is 6.42. The van der Waals surface area contributed by atoms with Gasteiger partial charge in [-0.05, 0) is 18.8 Å². The number of nitrogens with zero attached hydrogens (tertiary/aromatic N) is 3. The molecule has 1 aromatic rings. The van der Waals surface area contributed by atoms with Gasteiger partial charge in [-0.15, -0.1) is 0 Å². The molecule has 0 spiro atoms. The fourth-order valence-electron chi connectivity index (χ4n) is 2.30. The van der Waals surface area contributed by atoms with Crippen LogP contribution in [0.25, 0.3) is 0 Å². The van der Waals surface area contributed by atoms with E-state index in [4.69, 9.17) is 5.73 Å². The van der Waals surface area contributed by atoms with Crippen molar-refractivity contribution in [2.75, 3.05) is 18.0 Å². The molecule has 0 aromatic carbocycles. The second-order valence-electron chi connectivity index (χ2n) is 5.30. The summed E-state index contributed by atoms with van der Waals surface area (Å²) in [4.78, 5) is 6.99. The number of anilines is 1. The van der Waals surface area contributed by atoms with Crippen LogP contribution < -0.4 is 10.6 Å². The summed E-state index contributed by atoms with van der Waals surface area (Å²) in [6, 6.07) is 0.437. The molecule has 0 aliphatic carbocycles. The van der Waals surface area contributed by atoms with E-state index in [1.165, 1.54) is 24.4 Å². The third-order valence-electron chi connectivity index (χ3n) is 3.44. The number of hydrogen-bond donors (Lipinski definition) is 1. The average molecular weight is 254 g/mol. The predicted octanol–water partition coefficient (Wildman–Crippen LogP) is 2.23. The first-order valence-corrected chi connectivity index (χ1v) is 7.19. The van der Waals surface area contributed by atoms with Crippen molar-refractivity contribution in [1.82, 2.24) is 9.36 Å². The molecule has 1 aromatic heterocycles. The van der Waals surface area contributed by atoms with Crippen LogP contribution in [-0.4, -0.2) is 28.5 Å². The topological polar surface area (TPSA) is 55.0 Å². The van der Waals surface area contributed by atoms with E-state index in [0.29, 0.717) is 18.5 Å². The molecule has 2 unspecified atom stereocenters. The van der Waals surface area contributed by atoms with Crippen LogP contribution in [0.1, 0.15) is 45.4 Å². The van der Waals surface area contributed by atoms with Crippen LogP contribution in [0.5, 0.6) is 0 Å². The standard InChI is InChI=1S/C12H22N4S/c1-8(2)11-14-12(17-15-11)16-5-4-9(3)6-10(16)7-13/h8-10H,4-7,13H2,1-3H3. The minimum atomic E-state index is 0.403. The van der Waals surface area contributed by atoms with Gasteiger partial charge in [-0.2, -0.15) is 4.37 Å². The smallest absolute Gasteiger partial charge is 0.205 e. The summed E-state index contributed by atoms with van der Waals surface area (Å²) < 4.78 is 4.43. The molecule has 96 valence electrons. The summed E-state index contributed by atoms with van der Waals surface area (Å²) in [6.07, 6.45) is 2.40. The van der Waals surface area contributed by atoms with Crippen molar-refractivity contribution in [3.63, 3.8) is 0 Å². The Morgan fingerprint density at radius 3 is 2.88 bits per heavy atom. The van der Waals surface area contributed by atoms with Crippen molar-refractivity contribution in [2.45, 2.75) is 45.6 Å². The zero-order valence-corrected chi connectivity index (χ0v) is 11.7. The monoisotopic (exact) mass is 254 g/mol. The molecule has 17 heavy (non-hydrogen) atoms. The van der Waals surface area contributed by atoms with Gasteiger partial charge in [0.25, 0.3) is 0 Å². The lowest BCUT2D eigenvalue weighted by Gasteiger charge is -2.37. The summed E-state index contributed by atoms with van der Waals surface area (Å²) in [6.45, 7) is 8.34. The van der Waals surface area contributed by atoms with Gasteiger partial charge in [0.05, 0.1) is 0 Å². The highest BCUT2D eigenvalue weighted by Crippen LogP contribution is 2.29. The fraction of sp³-hybridized carbons (Fsp3) is 0.833. The molecule has 0 bridgehead atoms. The molecular weight excluding hydrogens is 232 g/mol. The Morgan fingerprint density at radius 2 is 2.29 bits per heavy atom. The molecule has 0 amide bonds. The first-order chi connectivity index (χ1) is 8.11. The van der Waals surface area contributed by atoms with E-state index in [0.717, 1.165) is 23.4 Å². The predicted molar refractivity (Wildman–Crippen MR) is 72.6 cm³/mol. The van der Waals surface area contributed by atoms with Gasteiger partial charge in [0.2, 0.25) is 5.13 Å². The van der Waals surface area contributed by atoms with Crippen LogP contribution in [0.2, 0.25) is 0 Å². The third kappa shape index (κ3) is 2.77. The summed E-state index contributed by atoms with van der Waals surface area (Å²) in [5.41, 5.74) is 5.87. The summed E-state index contributed by atoms with van der Waals surface area (Å²) in [7, 11) is 0. The van der Waals surface area contributed by atoms with E-state index >= 15 is 0 Å². The average Bonchev–Trinajstić information content (AvgIpc) is 2.78. The fourth-order valence-corrected chi connectivity index (χ4v) is 3.21. The van der Waals surface area contributed by atoms with Gasteiger partial charge in [0.15, 0.2) is 0 Å². The van der Waals surface area contributed by atoms with Crippen LogP contribution in [-0.2, 0) is 0 Å². The molecule has 1 aliphatic heterocycles. The maximum absolute atomic E-state index is 5.87. The Labute approximate surface area is 107 Å². The largest absolute Gasteiger partial charge is 0.343 e. The normalized spacial score (nSPS) is 25.6. The second kappa shape index (κ2) is 5.31. The lowest BCUT2D eigenvalue weighted by atomic mass is 9.93. The SMILES string of the molecule is CC1CCN(c2nc(C(C)C)ns2)C(CN)C1. The Kier molecular flexibility index (Phi) is 3.99. The van der Waals surface area contributed by atoms with Crippen LogP contribution >= 0.6 is 11.5 Å². The number of nitrogens with two attached hydrogens (primary N) is 1. The maximum atomic E-state index is 5.87. The molecule has 2 atom stereocenters. The Hall–Kier alpha value is -0.680. The molecule has 4 nitrogen and oxygen atoms in total. The Bertz CT molecular complexity index is 363. The lowest BCUT2D eigenvalue weighted by molar-refractivity contribution is 0.366. The lowest BCUT2D eigenvalue weighted by Crippen LogP contribution is -2.46. The zero-order valence-electron chi connectivity index (χ0n) is 10.9. The molecule has 5 heteroatoms. The molecule has 1 saturated heterocycles. The molecule has 1 aliphatic rings. The molecule has 0 saturated carbocycles. The Balaban J connectivity index is 2.14. The summed E-state index contributed by atoms with van der Waals surface area (Å²) in [5.74, 6) is 2.14. The van der Waals surface area contributed by atoms with E-state index in [9.17, 15) is 0 Å². The van der Waals surface area contributed by atoms with Crippen molar-refractivity contribution in [2.24, 2.45) is 11.7 Å². The highest BCUT2D eigenvalue weighted by Gasteiger charge is 2.27. The van der Waals surface area contributed by atoms with Crippen molar-refractivity contribution in [1.29, 1.82) is 0 Å². The van der Waals surface area contributed by atoms with Crippen LogP contribution in [0.3, 0.4) is 0 Å². The van der Waals surface area contributed by atoms with Gasteiger partial charge in [-0.25, -0.2) is 4.98 Å². The second-order valence-corrected chi connectivity index (χ2v) is 6.03. The summed E-state index contributed by atoms with van der Waals surface area (Å²) in [5, 5.41) is 1.05. The van der Waals surface area contributed by atoms with Gasteiger partial charge >= 0.3 is 0 Å². The number of rotatable bonds is 3. The van der Waals surface area contributed by atoms with Gasteiger partial charge < -0.3 is 10.6 Å². The van der Waals surface area contributed by atoms with Gasteiger partial charge in [-0.1, -0.05) is 20.8 Å². The van der Waals surface area contributed by atoms with E-state index in [-0.39, 0.29) is 0 Å². The van der Waals surface area contributed by atoms with Crippen LogP contribution in [0, 0.1) is 5.92 Å². The molecule has 1 fully saturated rings. The third-order valence-corrected chi connectivity index (χ3v) is 4.21.